The van der Waals surface area contributed by atoms with Crippen LogP contribution in [0.5, 0.6) is 0 Å². The van der Waals surface area contributed by atoms with Gasteiger partial charge < -0.3 is 9.73 Å². The van der Waals surface area contributed by atoms with Crippen LogP contribution in [0.4, 0.5) is 8.78 Å². The molecule has 3 nitrogen and oxygen atoms in total. The molecule has 1 aromatic carbocycles. The van der Waals surface area contributed by atoms with Crippen molar-refractivity contribution in [2.24, 2.45) is 5.92 Å². The lowest BCUT2D eigenvalue weighted by atomic mass is 9.87. The second-order valence-electron chi connectivity index (χ2n) is 5.06. The first-order valence-corrected chi connectivity index (χ1v) is 6.53. The minimum absolute atomic E-state index is 0.0306. The number of hydrogen-bond acceptors (Lipinski definition) is 3. The number of hydrogen-bond donors (Lipinski definition) is 1. The number of alkyl halides is 2. The van der Waals surface area contributed by atoms with Gasteiger partial charge in [0.05, 0.1) is 0 Å². The van der Waals surface area contributed by atoms with Crippen molar-refractivity contribution in [3.8, 4) is 0 Å². The Hall–Kier alpha value is -1.49. The van der Waals surface area contributed by atoms with E-state index in [1.807, 2.05) is 0 Å². The second-order valence-corrected chi connectivity index (χ2v) is 5.06. The van der Waals surface area contributed by atoms with Gasteiger partial charge in [-0.2, -0.15) is 0 Å². The van der Waals surface area contributed by atoms with Gasteiger partial charge in [0.25, 0.3) is 5.92 Å². The second kappa shape index (κ2) is 4.56. The van der Waals surface area contributed by atoms with Crippen LogP contribution < -0.4 is 5.32 Å². The van der Waals surface area contributed by atoms with Crippen molar-refractivity contribution < 1.29 is 13.2 Å². The summed E-state index contributed by atoms with van der Waals surface area (Å²) in [5.74, 6) is -2.91. The molecule has 1 fully saturated rings. The van der Waals surface area contributed by atoms with Crippen molar-refractivity contribution in [3.05, 3.63) is 29.7 Å². The van der Waals surface area contributed by atoms with Crippen molar-refractivity contribution in [1.29, 1.82) is 0 Å². The Morgan fingerprint density at radius 2 is 2.05 bits per heavy atom. The van der Waals surface area contributed by atoms with Gasteiger partial charge >= 0.3 is 0 Å². The summed E-state index contributed by atoms with van der Waals surface area (Å²) in [5.41, 5.74) is 1.09. The number of aromatic nitrogens is 1. The highest BCUT2D eigenvalue weighted by Crippen LogP contribution is 2.41. The first-order chi connectivity index (χ1) is 9.07. The largest absolute Gasteiger partial charge is 0.441 e. The van der Waals surface area contributed by atoms with Crippen molar-refractivity contribution in [1.82, 2.24) is 10.3 Å². The third kappa shape index (κ3) is 2.23. The molecule has 2 aromatic rings. The summed E-state index contributed by atoms with van der Waals surface area (Å²) in [6.45, 7) is 3.03. The number of oxazole rings is 1. The average molecular weight is 266 g/mol. The molecule has 0 spiro atoms. The Kier molecular flexibility index (Phi) is 3.01. The van der Waals surface area contributed by atoms with Gasteiger partial charge in [-0.25, -0.2) is 13.8 Å². The highest BCUT2D eigenvalue weighted by Gasteiger charge is 2.41. The standard InChI is InChI=1S/C14H16F2N2O/c1-9-18-12-3-2-11(8-13(12)19-9)14(15,16)10-4-6-17-7-5-10/h2-3,8,10,17H,4-7H2,1H3. The molecule has 0 aliphatic carbocycles. The first kappa shape index (κ1) is 12.5. The Balaban J connectivity index is 1.96. The number of piperidine rings is 1. The third-order valence-electron chi connectivity index (χ3n) is 3.73. The van der Waals surface area contributed by atoms with Crippen LogP contribution >= 0.6 is 0 Å². The zero-order valence-corrected chi connectivity index (χ0v) is 10.7. The fraction of sp³-hybridized carbons (Fsp3) is 0.500. The number of rotatable bonds is 2. The molecule has 3 rings (SSSR count). The maximum absolute atomic E-state index is 14.5. The van der Waals surface area contributed by atoms with Gasteiger partial charge in [-0.1, -0.05) is 6.07 Å². The number of fused-ring (bicyclic) bond motifs is 1. The van der Waals surface area contributed by atoms with E-state index in [4.69, 9.17) is 4.42 Å². The van der Waals surface area contributed by atoms with Crippen molar-refractivity contribution in [3.63, 3.8) is 0 Å². The quantitative estimate of drug-likeness (QED) is 0.907. The summed E-state index contributed by atoms with van der Waals surface area (Å²) in [6, 6.07) is 4.50. The maximum Gasteiger partial charge on any atom is 0.276 e. The highest BCUT2D eigenvalue weighted by atomic mass is 19.3. The number of halogens is 2. The predicted molar refractivity (Wildman–Crippen MR) is 68.2 cm³/mol. The van der Waals surface area contributed by atoms with E-state index in [-0.39, 0.29) is 5.56 Å². The van der Waals surface area contributed by atoms with Crippen LogP contribution in [0.1, 0.15) is 24.3 Å². The Morgan fingerprint density at radius 1 is 1.32 bits per heavy atom. The number of nitrogens with zero attached hydrogens (tertiary/aromatic N) is 1. The van der Waals surface area contributed by atoms with Crippen molar-refractivity contribution in [2.45, 2.75) is 25.7 Å². The Labute approximate surface area is 110 Å². The lowest BCUT2D eigenvalue weighted by Gasteiger charge is -2.30. The topological polar surface area (TPSA) is 38.1 Å². The van der Waals surface area contributed by atoms with Gasteiger partial charge in [-0.3, -0.25) is 0 Å². The summed E-state index contributed by atoms with van der Waals surface area (Å²) in [6.07, 6.45) is 1.00. The zero-order valence-electron chi connectivity index (χ0n) is 10.7. The smallest absolute Gasteiger partial charge is 0.276 e. The molecule has 19 heavy (non-hydrogen) atoms. The van der Waals surface area contributed by atoms with E-state index in [1.54, 1.807) is 13.0 Å². The van der Waals surface area contributed by atoms with Crippen LogP contribution in [0.15, 0.2) is 22.6 Å². The molecule has 0 bridgehead atoms. The number of aryl methyl sites for hydroxylation is 1. The SMILES string of the molecule is Cc1nc2ccc(C(F)(F)C3CCNCC3)cc2o1. The molecule has 0 radical (unpaired) electrons. The fourth-order valence-electron chi connectivity index (χ4n) is 2.67. The summed E-state index contributed by atoms with van der Waals surface area (Å²) in [5, 5.41) is 3.11. The van der Waals surface area contributed by atoms with Crippen LogP contribution in [0, 0.1) is 12.8 Å². The number of nitrogens with one attached hydrogen (secondary N) is 1. The molecular formula is C14H16F2N2O. The maximum atomic E-state index is 14.5. The van der Waals surface area contributed by atoms with Gasteiger partial charge in [0, 0.05) is 18.4 Å². The van der Waals surface area contributed by atoms with Crippen molar-refractivity contribution >= 4 is 11.1 Å². The van der Waals surface area contributed by atoms with Crippen molar-refractivity contribution in [2.75, 3.05) is 13.1 Å². The minimum atomic E-state index is -2.81. The Morgan fingerprint density at radius 3 is 2.79 bits per heavy atom. The Bertz CT molecular complexity index is 588. The van der Waals surface area contributed by atoms with E-state index >= 15 is 0 Å². The number of benzene rings is 1. The van der Waals surface area contributed by atoms with E-state index in [1.165, 1.54) is 12.1 Å². The van der Waals surface area contributed by atoms with E-state index in [9.17, 15) is 8.78 Å². The van der Waals surface area contributed by atoms with Crippen LogP contribution in [0.3, 0.4) is 0 Å². The molecule has 0 amide bonds. The highest BCUT2D eigenvalue weighted by molar-refractivity contribution is 5.73. The van der Waals surface area contributed by atoms with Gasteiger partial charge in [-0.15, -0.1) is 0 Å². The lowest BCUT2D eigenvalue weighted by molar-refractivity contribution is -0.0752. The molecule has 0 unspecified atom stereocenters. The molecule has 1 aliphatic rings. The normalized spacial score (nSPS) is 18.1. The van der Waals surface area contributed by atoms with E-state index in [2.05, 4.69) is 10.3 Å². The summed E-state index contributed by atoms with van der Waals surface area (Å²) < 4.78 is 34.3. The molecule has 2 heterocycles. The third-order valence-corrected chi connectivity index (χ3v) is 3.73. The van der Waals surface area contributed by atoms with Crippen LogP contribution in [0.25, 0.3) is 11.1 Å². The van der Waals surface area contributed by atoms with E-state index in [0.717, 1.165) is 0 Å². The molecular weight excluding hydrogens is 250 g/mol. The monoisotopic (exact) mass is 266 g/mol. The molecule has 5 heteroatoms. The minimum Gasteiger partial charge on any atom is -0.441 e. The van der Waals surface area contributed by atoms with Gasteiger partial charge in [0.15, 0.2) is 11.5 Å². The summed E-state index contributed by atoms with van der Waals surface area (Å²) in [4.78, 5) is 4.13. The molecule has 0 atom stereocenters. The summed E-state index contributed by atoms with van der Waals surface area (Å²) in [7, 11) is 0. The first-order valence-electron chi connectivity index (χ1n) is 6.53. The van der Waals surface area contributed by atoms with Gasteiger partial charge in [0.1, 0.15) is 5.52 Å². The van der Waals surface area contributed by atoms with Gasteiger partial charge in [-0.05, 0) is 38.1 Å². The molecule has 1 saturated heterocycles. The summed E-state index contributed by atoms with van der Waals surface area (Å²) >= 11 is 0. The molecule has 1 aromatic heterocycles. The van der Waals surface area contributed by atoms with Crippen LogP contribution in [0.2, 0.25) is 0 Å². The van der Waals surface area contributed by atoms with Crippen LogP contribution in [-0.4, -0.2) is 18.1 Å². The molecule has 102 valence electrons. The van der Waals surface area contributed by atoms with Crippen LogP contribution in [-0.2, 0) is 5.92 Å². The molecule has 0 saturated carbocycles. The van der Waals surface area contributed by atoms with E-state index < -0.39 is 11.8 Å². The average Bonchev–Trinajstić information content (AvgIpc) is 2.78. The predicted octanol–water partition coefficient (Wildman–Crippen LogP) is 3.23. The fourth-order valence-corrected chi connectivity index (χ4v) is 2.67. The lowest BCUT2D eigenvalue weighted by Crippen LogP contribution is -2.36. The van der Waals surface area contributed by atoms with Gasteiger partial charge in [0.2, 0.25) is 0 Å². The molecule has 1 aliphatic heterocycles. The molecule has 1 N–H and O–H groups in total. The van der Waals surface area contributed by atoms with E-state index in [0.29, 0.717) is 42.9 Å². The zero-order chi connectivity index (χ0) is 13.5.